The second-order valence-corrected chi connectivity index (χ2v) is 6.76. The van der Waals surface area contributed by atoms with Gasteiger partial charge in [-0.05, 0) is 37.1 Å². The van der Waals surface area contributed by atoms with Gasteiger partial charge in [0.15, 0.2) is 0 Å². The van der Waals surface area contributed by atoms with Crippen molar-refractivity contribution in [3.05, 3.63) is 0 Å². The van der Waals surface area contributed by atoms with E-state index in [2.05, 4.69) is 39.5 Å². The molecule has 2 heteroatoms. The summed E-state index contributed by atoms with van der Waals surface area (Å²) in [6, 6.07) is 0.266. The van der Waals surface area contributed by atoms with Gasteiger partial charge >= 0.3 is 0 Å². The van der Waals surface area contributed by atoms with Crippen molar-refractivity contribution in [2.24, 2.45) is 16.6 Å². The first-order valence-corrected chi connectivity index (χ1v) is 6.21. The number of hydrogen-bond donors (Lipinski definition) is 1. The molecule has 1 heterocycles. The van der Waals surface area contributed by atoms with Crippen molar-refractivity contribution in [1.82, 2.24) is 4.90 Å². The summed E-state index contributed by atoms with van der Waals surface area (Å²) in [6.07, 6.45) is 2.70. The molecule has 0 aromatic rings. The summed E-state index contributed by atoms with van der Waals surface area (Å²) >= 11 is 0. The van der Waals surface area contributed by atoms with Crippen LogP contribution in [0.15, 0.2) is 0 Å². The lowest BCUT2D eigenvalue weighted by Crippen LogP contribution is -2.49. The van der Waals surface area contributed by atoms with Gasteiger partial charge in [-0.1, -0.05) is 27.7 Å². The van der Waals surface area contributed by atoms with Crippen LogP contribution in [0.25, 0.3) is 0 Å². The Kier molecular flexibility index (Phi) is 3.83. The minimum absolute atomic E-state index is 0.230. The number of likely N-dealkylation sites (tertiary alicyclic amines) is 1. The zero-order valence-electron chi connectivity index (χ0n) is 11.1. The first kappa shape index (κ1) is 13.0. The van der Waals surface area contributed by atoms with E-state index in [9.17, 15) is 0 Å². The molecule has 1 unspecified atom stereocenters. The Labute approximate surface area is 95.2 Å². The van der Waals surface area contributed by atoms with Gasteiger partial charge in [0.2, 0.25) is 0 Å². The average Bonchev–Trinajstić information content (AvgIpc) is 2.00. The molecule has 0 aliphatic carbocycles. The van der Waals surface area contributed by atoms with Crippen molar-refractivity contribution in [2.75, 3.05) is 19.6 Å². The lowest BCUT2D eigenvalue weighted by molar-refractivity contribution is 0.0736. The number of nitrogens with two attached hydrogens (primary N) is 1. The van der Waals surface area contributed by atoms with E-state index in [4.69, 9.17) is 5.73 Å². The molecule has 0 radical (unpaired) electrons. The predicted octanol–water partition coefficient (Wildman–Crippen LogP) is 2.48. The van der Waals surface area contributed by atoms with E-state index in [0.29, 0.717) is 5.41 Å². The topological polar surface area (TPSA) is 29.3 Å². The van der Waals surface area contributed by atoms with Crippen LogP contribution in [0.3, 0.4) is 0 Å². The summed E-state index contributed by atoms with van der Waals surface area (Å²) in [6.45, 7) is 15.0. The normalized spacial score (nSPS) is 25.2. The van der Waals surface area contributed by atoms with Gasteiger partial charge in [0.1, 0.15) is 0 Å². The molecule has 0 saturated carbocycles. The molecule has 0 aromatic carbocycles. The predicted molar refractivity (Wildman–Crippen MR) is 66.9 cm³/mol. The fraction of sp³-hybridized carbons (Fsp3) is 1.00. The van der Waals surface area contributed by atoms with E-state index in [1.54, 1.807) is 0 Å². The highest BCUT2D eigenvalue weighted by Crippen LogP contribution is 2.31. The van der Waals surface area contributed by atoms with Crippen LogP contribution < -0.4 is 5.73 Å². The second-order valence-electron chi connectivity index (χ2n) is 6.76. The largest absolute Gasteiger partial charge is 0.327 e. The van der Waals surface area contributed by atoms with Gasteiger partial charge in [-0.15, -0.1) is 0 Å². The number of nitrogens with zero attached hydrogens (tertiary/aromatic N) is 1. The number of rotatable bonds is 3. The van der Waals surface area contributed by atoms with E-state index in [1.165, 1.54) is 25.9 Å². The van der Waals surface area contributed by atoms with Gasteiger partial charge in [-0.25, -0.2) is 0 Å². The van der Waals surface area contributed by atoms with Crippen molar-refractivity contribution in [3.63, 3.8) is 0 Å². The molecule has 2 N–H and O–H groups in total. The number of hydrogen-bond acceptors (Lipinski definition) is 2. The number of piperidine rings is 1. The van der Waals surface area contributed by atoms with E-state index in [-0.39, 0.29) is 11.5 Å². The molecule has 1 fully saturated rings. The van der Waals surface area contributed by atoms with Crippen molar-refractivity contribution >= 4 is 0 Å². The first-order chi connectivity index (χ1) is 6.73. The molecular formula is C13H28N2. The first-order valence-electron chi connectivity index (χ1n) is 6.21. The summed E-state index contributed by atoms with van der Waals surface area (Å²) in [5, 5.41) is 0. The maximum atomic E-state index is 6.03. The monoisotopic (exact) mass is 212 g/mol. The van der Waals surface area contributed by atoms with Crippen LogP contribution in [-0.2, 0) is 0 Å². The van der Waals surface area contributed by atoms with Crippen LogP contribution in [-0.4, -0.2) is 30.6 Å². The van der Waals surface area contributed by atoms with E-state index >= 15 is 0 Å². The zero-order valence-corrected chi connectivity index (χ0v) is 11.1. The quantitative estimate of drug-likeness (QED) is 0.779. The van der Waals surface area contributed by atoms with Crippen LogP contribution in [0, 0.1) is 10.8 Å². The highest BCUT2D eigenvalue weighted by atomic mass is 15.1. The third-order valence-electron chi connectivity index (χ3n) is 3.84. The van der Waals surface area contributed by atoms with Crippen molar-refractivity contribution in [1.29, 1.82) is 0 Å². The SMILES string of the molecule is CC(N)C(C)(C)CN1CCCC(C)(C)C1. The van der Waals surface area contributed by atoms with E-state index in [1.807, 2.05) is 0 Å². The Morgan fingerprint density at radius 3 is 2.47 bits per heavy atom. The average molecular weight is 212 g/mol. The Morgan fingerprint density at radius 2 is 2.00 bits per heavy atom. The third-order valence-corrected chi connectivity index (χ3v) is 3.84. The molecule has 1 atom stereocenters. The Bertz CT molecular complexity index is 207. The lowest BCUT2D eigenvalue weighted by Gasteiger charge is -2.42. The van der Waals surface area contributed by atoms with Crippen molar-refractivity contribution < 1.29 is 0 Å². The standard InChI is InChI=1S/C13H28N2/c1-11(14)13(4,5)10-15-8-6-7-12(2,3)9-15/h11H,6-10,14H2,1-5H3. The highest BCUT2D eigenvalue weighted by Gasteiger charge is 2.31. The Morgan fingerprint density at radius 1 is 1.40 bits per heavy atom. The fourth-order valence-corrected chi connectivity index (χ4v) is 2.40. The highest BCUT2D eigenvalue weighted by molar-refractivity contribution is 4.86. The Hall–Kier alpha value is -0.0800. The maximum Gasteiger partial charge on any atom is 0.00739 e. The van der Waals surface area contributed by atoms with Crippen LogP contribution >= 0.6 is 0 Å². The summed E-state index contributed by atoms with van der Waals surface area (Å²) in [5.41, 5.74) is 6.75. The van der Waals surface area contributed by atoms with E-state index < -0.39 is 0 Å². The minimum atomic E-state index is 0.230. The van der Waals surface area contributed by atoms with Crippen LogP contribution in [0.4, 0.5) is 0 Å². The second kappa shape index (κ2) is 4.42. The van der Waals surface area contributed by atoms with Crippen molar-refractivity contribution in [3.8, 4) is 0 Å². The van der Waals surface area contributed by atoms with Gasteiger partial charge < -0.3 is 10.6 Å². The third kappa shape index (κ3) is 3.76. The molecule has 0 bridgehead atoms. The minimum Gasteiger partial charge on any atom is -0.327 e. The van der Waals surface area contributed by atoms with Crippen LogP contribution in [0.1, 0.15) is 47.5 Å². The van der Waals surface area contributed by atoms with Gasteiger partial charge in [0, 0.05) is 19.1 Å². The lowest BCUT2D eigenvalue weighted by atomic mass is 9.81. The van der Waals surface area contributed by atoms with E-state index in [0.717, 1.165) is 6.54 Å². The van der Waals surface area contributed by atoms with Crippen molar-refractivity contribution in [2.45, 2.75) is 53.5 Å². The smallest absolute Gasteiger partial charge is 0.00739 e. The van der Waals surface area contributed by atoms with Gasteiger partial charge in [0.25, 0.3) is 0 Å². The van der Waals surface area contributed by atoms with Crippen LogP contribution in [0.2, 0.25) is 0 Å². The molecule has 2 nitrogen and oxygen atoms in total. The van der Waals surface area contributed by atoms with Gasteiger partial charge in [0.05, 0.1) is 0 Å². The molecule has 0 spiro atoms. The Balaban J connectivity index is 2.52. The molecule has 1 aliphatic rings. The van der Waals surface area contributed by atoms with Gasteiger partial charge in [-0.2, -0.15) is 0 Å². The summed E-state index contributed by atoms with van der Waals surface area (Å²) < 4.78 is 0. The molecular weight excluding hydrogens is 184 g/mol. The molecule has 90 valence electrons. The van der Waals surface area contributed by atoms with Crippen LogP contribution in [0.5, 0.6) is 0 Å². The zero-order chi connectivity index (χ0) is 11.7. The maximum absolute atomic E-state index is 6.03. The van der Waals surface area contributed by atoms with Gasteiger partial charge in [-0.3, -0.25) is 0 Å². The molecule has 1 saturated heterocycles. The summed E-state index contributed by atoms with van der Waals surface area (Å²) in [5.74, 6) is 0. The molecule has 0 aromatic heterocycles. The molecule has 15 heavy (non-hydrogen) atoms. The summed E-state index contributed by atoms with van der Waals surface area (Å²) in [4.78, 5) is 2.59. The molecule has 1 rings (SSSR count). The summed E-state index contributed by atoms with van der Waals surface area (Å²) in [7, 11) is 0. The molecule has 1 aliphatic heterocycles. The fourth-order valence-electron chi connectivity index (χ4n) is 2.40. The molecule has 0 amide bonds.